The van der Waals surface area contributed by atoms with Crippen LogP contribution in [0, 0.1) is 5.92 Å². The molecule has 1 amide bonds. The van der Waals surface area contributed by atoms with Gasteiger partial charge < -0.3 is 10.6 Å². The van der Waals surface area contributed by atoms with E-state index < -0.39 is 0 Å². The SMILES string of the molecule is O=C(NCCC1CCNC1)c1cc2ccccc2c2cccnc12. The fraction of sp³-hybridized carbons (Fsp3) is 0.300. The van der Waals surface area contributed by atoms with Gasteiger partial charge in [-0.25, -0.2) is 0 Å². The van der Waals surface area contributed by atoms with E-state index in [4.69, 9.17) is 0 Å². The number of hydrogen-bond acceptors (Lipinski definition) is 3. The maximum Gasteiger partial charge on any atom is 0.253 e. The summed E-state index contributed by atoms with van der Waals surface area (Å²) in [5.41, 5.74) is 1.44. The third-order valence-electron chi connectivity index (χ3n) is 4.86. The molecule has 24 heavy (non-hydrogen) atoms. The molecule has 0 radical (unpaired) electrons. The Bertz CT molecular complexity index is 884. The van der Waals surface area contributed by atoms with Gasteiger partial charge in [-0.3, -0.25) is 9.78 Å². The molecule has 1 aliphatic rings. The number of benzene rings is 2. The third-order valence-corrected chi connectivity index (χ3v) is 4.86. The van der Waals surface area contributed by atoms with Crippen molar-refractivity contribution in [2.45, 2.75) is 12.8 Å². The Morgan fingerprint density at radius 2 is 2.08 bits per heavy atom. The van der Waals surface area contributed by atoms with Crippen molar-refractivity contribution < 1.29 is 4.79 Å². The van der Waals surface area contributed by atoms with E-state index >= 15 is 0 Å². The Balaban J connectivity index is 1.63. The minimum absolute atomic E-state index is 0.0320. The van der Waals surface area contributed by atoms with Crippen molar-refractivity contribution in [3.05, 3.63) is 54.2 Å². The number of fused-ring (bicyclic) bond motifs is 3. The van der Waals surface area contributed by atoms with Crippen LogP contribution in [0.3, 0.4) is 0 Å². The van der Waals surface area contributed by atoms with E-state index in [2.05, 4.69) is 21.7 Å². The molecule has 122 valence electrons. The molecule has 0 spiro atoms. The second-order valence-electron chi connectivity index (χ2n) is 6.45. The highest BCUT2D eigenvalue weighted by Gasteiger charge is 2.16. The Hall–Kier alpha value is -2.46. The molecule has 3 aromatic rings. The summed E-state index contributed by atoms with van der Waals surface area (Å²) in [4.78, 5) is 17.2. The van der Waals surface area contributed by atoms with Crippen LogP contribution in [0.25, 0.3) is 21.7 Å². The molecule has 1 saturated heterocycles. The minimum Gasteiger partial charge on any atom is -0.352 e. The van der Waals surface area contributed by atoms with Gasteiger partial charge in [0.1, 0.15) is 0 Å². The van der Waals surface area contributed by atoms with Crippen LogP contribution in [-0.2, 0) is 0 Å². The van der Waals surface area contributed by atoms with Crippen LogP contribution < -0.4 is 10.6 Å². The molecule has 2 N–H and O–H groups in total. The molecule has 4 nitrogen and oxygen atoms in total. The van der Waals surface area contributed by atoms with Gasteiger partial charge in [0.25, 0.3) is 5.91 Å². The highest BCUT2D eigenvalue weighted by molar-refractivity contribution is 6.15. The third kappa shape index (κ3) is 2.85. The predicted molar refractivity (Wildman–Crippen MR) is 97.2 cm³/mol. The van der Waals surface area contributed by atoms with Crippen molar-refractivity contribution in [3.63, 3.8) is 0 Å². The fourth-order valence-electron chi connectivity index (χ4n) is 3.55. The normalized spacial score (nSPS) is 17.4. The van der Waals surface area contributed by atoms with E-state index in [0.717, 1.165) is 41.2 Å². The van der Waals surface area contributed by atoms with Gasteiger partial charge in [-0.2, -0.15) is 0 Å². The maximum atomic E-state index is 12.7. The van der Waals surface area contributed by atoms with Crippen LogP contribution in [0.4, 0.5) is 0 Å². The molecule has 4 heteroatoms. The predicted octanol–water partition coefficient (Wildman–Crippen LogP) is 3.12. The van der Waals surface area contributed by atoms with Gasteiger partial charge in [-0.05, 0) is 54.8 Å². The average molecular weight is 319 g/mol. The summed E-state index contributed by atoms with van der Waals surface area (Å²) in [6.45, 7) is 2.88. The lowest BCUT2D eigenvalue weighted by atomic mass is 10.00. The summed E-state index contributed by atoms with van der Waals surface area (Å²) in [6, 6.07) is 14.0. The first-order valence-electron chi connectivity index (χ1n) is 8.58. The lowest BCUT2D eigenvalue weighted by Gasteiger charge is -2.12. The first-order chi connectivity index (χ1) is 11.8. The zero-order valence-corrected chi connectivity index (χ0v) is 13.6. The molecule has 1 unspecified atom stereocenters. The first kappa shape index (κ1) is 15.1. The van der Waals surface area contributed by atoms with Crippen molar-refractivity contribution in [3.8, 4) is 0 Å². The van der Waals surface area contributed by atoms with Crippen molar-refractivity contribution >= 4 is 27.6 Å². The van der Waals surface area contributed by atoms with Crippen LogP contribution in [0.5, 0.6) is 0 Å². The lowest BCUT2D eigenvalue weighted by molar-refractivity contribution is 0.0953. The van der Waals surface area contributed by atoms with Crippen LogP contribution in [-0.4, -0.2) is 30.5 Å². The molecule has 2 heterocycles. The van der Waals surface area contributed by atoms with Gasteiger partial charge in [0.2, 0.25) is 0 Å². The van der Waals surface area contributed by atoms with Crippen molar-refractivity contribution in [2.24, 2.45) is 5.92 Å². The molecule has 1 aromatic heterocycles. The fourth-order valence-corrected chi connectivity index (χ4v) is 3.55. The van der Waals surface area contributed by atoms with Gasteiger partial charge in [0, 0.05) is 18.1 Å². The summed E-state index contributed by atoms with van der Waals surface area (Å²) in [7, 11) is 0. The van der Waals surface area contributed by atoms with Crippen LogP contribution in [0.1, 0.15) is 23.2 Å². The number of pyridine rings is 1. The molecule has 1 atom stereocenters. The zero-order valence-electron chi connectivity index (χ0n) is 13.6. The Morgan fingerprint density at radius 3 is 2.96 bits per heavy atom. The van der Waals surface area contributed by atoms with Crippen molar-refractivity contribution in [1.29, 1.82) is 0 Å². The second kappa shape index (κ2) is 6.57. The topological polar surface area (TPSA) is 54.0 Å². The molecular weight excluding hydrogens is 298 g/mol. The zero-order chi connectivity index (χ0) is 16.4. The van der Waals surface area contributed by atoms with Gasteiger partial charge in [0.15, 0.2) is 0 Å². The lowest BCUT2D eigenvalue weighted by Crippen LogP contribution is -2.26. The smallest absolute Gasteiger partial charge is 0.253 e. The largest absolute Gasteiger partial charge is 0.352 e. The molecule has 0 aliphatic carbocycles. The highest BCUT2D eigenvalue weighted by atomic mass is 16.1. The van der Waals surface area contributed by atoms with E-state index in [1.54, 1.807) is 6.20 Å². The molecule has 1 aliphatic heterocycles. The van der Waals surface area contributed by atoms with E-state index in [1.807, 2.05) is 36.4 Å². The summed E-state index contributed by atoms with van der Waals surface area (Å²) in [5.74, 6) is 0.646. The number of carbonyl (C=O) groups is 1. The average Bonchev–Trinajstić information content (AvgIpc) is 3.14. The molecule has 1 fully saturated rings. The highest BCUT2D eigenvalue weighted by Crippen LogP contribution is 2.27. The van der Waals surface area contributed by atoms with Crippen LogP contribution in [0.2, 0.25) is 0 Å². The maximum absolute atomic E-state index is 12.7. The van der Waals surface area contributed by atoms with Crippen molar-refractivity contribution in [2.75, 3.05) is 19.6 Å². The Labute approximate surface area is 141 Å². The molecular formula is C20H21N3O. The Morgan fingerprint density at radius 1 is 1.21 bits per heavy atom. The monoisotopic (exact) mass is 319 g/mol. The minimum atomic E-state index is -0.0320. The number of aromatic nitrogens is 1. The van der Waals surface area contributed by atoms with Crippen molar-refractivity contribution in [1.82, 2.24) is 15.6 Å². The van der Waals surface area contributed by atoms with E-state index in [-0.39, 0.29) is 5.91 Å². The first-order valence-corrected chi connectivity index (χ1v) is 8.58. The van der Waals surface area contributed by atoms with Gasteiger partial charge in [0.05, 0.1) is 11.1 Å². The molecule has 4 rings (SSSR count). The summed E-state index contributed by atoms with van der Waals surface area (Å²) >= 11 is 0. The number of carbonyl (C=O) groups excluding carboxylic acids is 1. The van der Waals surface area contributed by atoms with Crippen LogP contribution in [0.15, 0.2) is 48.7 Å². The quantitative estimate of drug-likeness (QED) is 0.727. The number of hydrogen-bond donors (Lipinski definition) is 2. The number of nitrogens with zero attached hydrogens (tertiary/aromatic N) is 1. The molecule has 0 saturated carbocycles. The van der Waals surface area contributed by atoms with E-state index in [9.17, 15) is 4.79 Å². The standard InChI is InChI=1S/C20H21N3O/c24-20(23-11-8-14-7-10-21-13-14)18-12-15-4-1-2-5-16(15)17-6-3-9-22-19(17)18/h1-6,9,12,14,21H,7-8,10-11,13H2,(H,23,24). The summed E-state index contributed by atoms with van der Waals surface area (Å²) in [6.07, 6.45) is 3.98. The number of rotatable bonds is 4. The summed E-state index contributed by atoms with van der Waals surface area (Å²) in [5, 5.41) is 9.67. The molecule has 0 bridgehead atoms. The second-order valence-corrected chi connectivity index (χ2v) is 6.45. The summed E-state index contributed by atoms with van der Waals surface area (Å²) < 4.78 is 0. The number of nitrogens with one attached hydrogen (secondary N) is 2. The molecule has 2 aromatic carbocycles. The van der Waals surface area contributed by atoms with E-state index in [1.165, 1.54) is 6.42 Å². The van der Waals surface area contributed by atoms with Gasteiger partial charge in [-0.1, -0.05) is 30.3 Å². The Kier molecular flexibility index (Phi) is 4.13. The van der Waals surface area contributed by atoms with Gasteiger partial charge >= 0.3 is 0 Å². The van der Waals surface area contributed by atoms with E-state index in [0.29, 0.717) is 18.0 Å². The van der Waals surface area contributed by atoms with Gasteiger partial charge in [-0.15, -0.1) is 0 Å². The number of amides is 1. The van der Waals surface area contributed by atoms with Crippen LogP contribution >= 0.6 is 0 Å².